The summed E-state index contributed by atoms with van der Waals surface area (Å²) in [7, 11) is 0. The van der Waals surface area contributed by atoms with Crippen LogP contribution in [0.15, 0.2) is 0 Å². The van der Waals surface area contributed by atoms with Crippen LogP contribution in [0.5, 0.6) is 0 Å². The maximum absolute atomic E-state index is 11.4. The van der Waals surface area contributed by atoms with E-state index in [0.717, 1.165) is 12.8 Å². The van der Waals surface area contributed by atoms with Gasteiger partial charge in [-0.1, -0.05) is 13.3 Å². The topological polar surface area (TPSA) is 26.0 Å². The van der Waals surface area contributed by atoms with Gasteiger partial charge in [0.25, 0.3) is 0 Å². The molecule has 52 valence electrons. The first kappa shape index (κ1) is 11.0. The van der Waals surface area contributed by atoms with Crippen molar-refractivity contribution in [1.29, 1.82) is 0 Å². The molecule has 2 N–H and O–H groups in total. The third-order valence-electron chi connectivity index (χ3n) is 0.858. The number of hydrogen-bond acceptors (Lipinski definition) is 1. The van der Waals surface area contributed by atoms with Gasteiger partial charge in [0.2, 0.25) is 0 Å². The average Bonchev–Trinajstić information content (AvgIpc) is 1.68. The molecule has 0 aliphatic rings. The van der Waals surface area contributed by atoms with Crippen LogP contribution in [0, 0.1) is 0 Å². The standard InChI is InChI=1S/C5H12FN.ClH/c1-2-3-5(7)4-6;/h5H,2-4,7H2,1H3;1H/t5-;/m1./s1. The minimum absolute atomic E-state index is 0. The van der Waals surface area contributed by atoms with Crippen LogP contribution in [0.2, 0.25) is 0 Å². The van der Waals surface area contributed by atoms with Gasteiger partial charge in [0, 0.05) is 6.04 Å². The second-order valence-electron chi connectivity index (χ2n) is 1.70. The van der Waals surface area contributed by atoms with Gasteiger partial charge < -0.3 is 5.73 Å². The molecule has 0 aliphatic heterocycles. The van der Waals surface area contributed by atoms with Gasteiger partial charge in [-0.15, -0.1) is 12.4 Å². The first-order valence-corrected chi connectivity index (χ1v) is 2.62. The smallest absolute Gasteiger partial charge is 0.104 e. The third-order valence-corrected chi connectivity index (χ3v) is 0.858. The highest BCUT2D eigenvalue weighted by molar-refractivity contribution is 5.85. The number of hydrogen-bond donors (Lipinski definition) is 1. The Morgan fingerprint density at radius 2 is 2.12 bits per heavy atom. The molecule has 0 bridgehead atoms. The van der Waals surface area contributed by atoms with E-state index in [1.165, 1.54) is 0 Å². The first-order chi connectivity index (χ1) is 3.31. The lowest BCUT2D eigenvalue weighted by molar-refractivity contribution is 0.411. The molecule has 0 unspecified atom stereocenters. The number of halogens is 2. The van der Waals surface area contributed by atoms with E-state index < -0.39 is 0 Å². The fourth-order valence-electron chi connectivity index (χ4n) is 0.448. The lowest BCUT2D eigenvalue weighted by atomic mass is 10.2. The van der Waals surface area contributed by atoms with E-state index in [1.54, 1.807) is 0 Å². The van der Waals surface area contributed by atoms with E-state index in [2.05, 4.69) is 0 Å². The minimum Gasteiger partial charge on any atom is -0.325 e. The predicted octanol–water partition coefficient (Wildman–Crippen LogP) is 1.51. The molecule has 0 heterocycles. The third kappa shape index (κ3) is 6.18. The average molecular weight is 142 g/mol. The molecule has 0 aromatic heterocycles. The Morgan fingerprint density at radius 3 is 2.25 bits per heavy atom. The van der Waals surface area contributed by atoms with Crippen molar-refractivity contribution < 1.29 is 4.39 Å². The van der Waals surface area contributed by atoms with Gasteiger partial charge >= 0.3 is 0 Å². The van der Waals surface area contributed by atoms with Crippen molar-refractivity contribution in [2.24, 2.45) is 5.73 Å². The molecule has 8 heavy (non-hydrogen) atoms. The summed E-state index contributed by atoms with van der Waals surface area (Å²) < 4.78 is 11.4. The Labute approximate surface area is 55.9 Å². The van der Waals surface area contributed by atoms with Gasteiger partial charge in [0.15, 0.2) is 0 Å². The molecule has 0 spiro atoms. The summed E-state index contributed by atoms with van der Waals surface area (Å²) in [6.45, 7) is 1.61. The molecule has 1 atom stereocenters. The molecule has 0 fully saturated rings. The quantitative estimate of drug-likeness (QED) is 0.634. The van der Waals surface area contributed by atoms with Crippen molar-refractivity contribution in [3.05, 3.63) is 0 Å². The van der Waals surface area contributed by atoms with Crippen molar-refractivity contribution in [2.75, 3.05) is 6.67 Å². The van der Waals surface area contributed by atoms with Crippen molar-refractivity contribution in [2.45, 2.75) is 25.8 Å². The fraction of sp³-hybridized carbons (Fsp3) is 1.00. The SMILES string of the molecule is CCC[C@@H](N)CF.Cl. The van der Waals surface area contributed by atoms with Gasteiger partial charge in [0.05, 0.1) is 0 Å². The molecular weight excluding hydrogens is 129 g/mol. The first-order valence-electron chi connectivity index (χ1n) is 2.62. The van der Waals surface area contributed by atoms with Gasteiger partial charge in [0.1, 0.15) is 6.67 Å². The van der Waals surface area contributed by atoms with E-state index in [0.29, 0.717) is 0 Å². The summed E-state index contributed by atoms with van der Waals surface area (Å²) in [6.07, 6.45) is 1.78. The molecule has 0 rings (SSSR count). The summed E-state index contributed by atoms with van der Waals surface area (Å²) in [6, 6.07) is -0.218. The van der Waals surface area contributed by atoms with Crippen LogP contribution in [-0.4, -0.2) is 12.7 Å². The minimum atomic E-state index is -0.381. The molecular formula is C5H13ClFN. The predicted molar refractivity (Wildman–Crippen MR) is 36.1 cm³/mol. The van der Waals surface area contributed by atoms with Crippen molar-refractivity contribution >= 4 is 12.4 Å². The van der Waals surface area contributed by atoms with Crippen LogP contribution in [0.3, 0.4) is 0 Å². The normalized spacial score (nSPS) is 12.4. The molecule has 0 amide bonds. The van der Waals surface area contributed by atoms with E-state index in [1.807, 2.05) is 6.92 Å². The van der Waals surface area contributed by atoms with Crippen molar-refractivity contribution in [3.63, 3.8) is 0 Å². The Bertz CT molecular complexity index is 43.4. The van der Waals surface area contributed by atoms with Crippen LogP contribution in [0.4, 0.5) is 4.39 Å². The highest BCUT2D eigenvalue weighted by atomic mass is 35.5. The zero-order valence-electron chi connectivity index (χ0n) is 5.06. The summed E-state index contributed by atoms with van der Waals surface area (Å²) in [5, 5.41) is 0. The van der Waals surface area contributed by atoms with Gasteiger partial charge in [-0.25, -0.2) is 4.39 Å². The molecule has 3 heteroatoms. The van der Waals surface area contributed by atoms with Crippen LogP contribution in [0.25, 0.3) is 0 Å². The second-order valence-corrected chi connectivity index (χ2v) is 1.70. The molecule has 0 aromatic carbocycles. The molecule has 0 saturated carbocycles. The summed E-state index contributed by atoms with van der Waals surface area (Å²) in [5.74, 6) is 0. The van der Waals surface area contributed by atoms with Crippen molar-refractivity contribution in [1.82, 2.24) is 0 Å². The molecule has 0 radical (unpaired) electrons. The monoisotopic (exact) mass is 141 g/mol. The Kier molecular flexibility index (Phi) is 9.91. The van der Waals surface area contributed by atoms with Gasteiger partial charge in [-0.3, -0.25) is 0 Å². The van der Waals surface area contributed by atoms with Crippen LogP contribution < -0.4 is 5.73 Å². The van der Waals surface area contributed by atoms with Crippen LogP contribution in [0.1, 0.15) is 19.8 Å². The maximum Gasteiger partial charge on any atom is 0.104 e. The van der Waals surface area contributed by atoms with E-state index in [4.69, 9.17) is 5.73 Å². The Balaban J connectivity index is 0. The summed E-state index contributed by atoms with van der Waals surface area (Å²) in [4.78, 5) is 0. The van der Waals surface area contributed by atoms with E-state index in [-0.39, 0.29) is 25.1 Å². The summed E-state index contributed by atoms with van der Waals surface area (Å²) >= 11 is 0. The molecule has 1 nitrogen and oxygen atoms in total. The largest absolute Gasteiger partial charge is 0.325 e. The zero-order valence-corrected chi connectivity index (χ0v) is 5.88. The fourth-order valence-corrected chi connectivity index (χ4v) is 0.448. The van der Waals surface area contributed by atoms with E-state index >= 15 is 0 Å². The van der Waals surface area contributed by atoms with Crippen molar-refractivity contribution in [3.8, 4) is 0 Å². The van der Waals surface area contributed by atoms with Gasteiger partial charge in [-0.2, -0.15) is 0 Å². The lowest BCUT2D eigenvalue weighted by Gasteiger charge is -2.00. The molecule has 0 aromatic rings. The Hall–Kier alpha value is 0.180. The van der Waals surface area contributed by atoms with Crippen LogP contribution in [-0.2, 0) is 0 Å². The summed E-state index contributed by atoms with van der Waals surface area (Å²) in [5.41, 5.74) is 5.21. The lowest BCUT2D eigenvalue weighted by Crippen LogP contribution is -2.21. The van der Waals surface area contributed by atoms with E-state index in [9.17, 15) is 4.39 Å². The number of nitrogens with two attached hydrogens (primary N) is 1. The second kappa shape index (κ2) is 7.18. The number of alkyl halides is 1. The Morgan fingerprint density at radius 1 is 1.62 bits per heavy atom. The molecule has 0 saturated heterocycles. The maximum atomic E-state index is 11.4. The van der Waals surface area contributed by atoms with Crippen LogP contribution >= 0.6 is 12.4 Å². The zero-order chi connectivity index (χ0) is 5.70. The highest BCUT2D eigenvalue weighted by Gasteiger charge is 1.95. The molecule has 0 aliphatic carbocycles. The van der Waals surface area contributed by atoms with Gasteiger partial charge in [-0.05, 0) is 6.42 Å². The number of rotatable bonds is 3. The highest BCUT2D eigenvalue weighted by Crippen LogP contribution is 1.91.